The lowest BCUT2D eigenvalue weighted by Gasteiger charge is -2.28. The summed E-state index contributed by atoms with van der Waals surface area (Å²) < 4.78 is 0. The van der Waals surface area contributed by atoms with Crippen LogP contribution in [0.2, 0.25) is 0 Å². The molecule has 16 heavy (non-hydrogen) atoms. The number of halogens is 1. The molecule has 3 rings (SSSR count). The molecule has 0 amide bonds. The molecule has 1 aromatic carbocycles. The van der Waals surface area contributed by atoms with Crippen LogP contribution in [0.5, 0.6) is 5.75 Å². The van der Waals surface area contributed by atoms with Crippen molar-refractivity contribution in [3.05, 3.63) is 29.8 Å². The first-order valence-electron chi connectivity index (χ1n) is 6.05. The zero-order chi connectivity index (χ0) is 11.2. The number of benzene rings is 1. The highest BCUT2D eigenvalue weighted by molar-refractivity contribution is 6.18. The molecule has 0 spiro atoms. The van der Waals surface area contributed by atoms with Crippen molar-refractivity contribution in [3.63, 3.8) is 0 Å². The number of phenolic OH excluding ortho intramolecular Hbond substituents is 1. The largest absolute Gasteiger partial charge is 0.508 e. The zero-order valence-corrected chi connectivity index (χ0v) is 10.1. The molecule has 2 unspecified atom stereocenters. The van der Waals surface area contributed by atoms with Crippen LogP contribution < -0.4 is 0 Å². The van der Waals surface area contributed by atoms with E-state index in [1.165, 1.54) is 24.8 Å². The van der Waals surface area contributed by atoms with Crippen molar-refractivity contribution in [1.29, 1.82) is 0 Å². The van der Waals surface area contributed by atoms with Crippen molar-refractivity contribution >= 4 is 11.6 Å². The van der Waals surface area contributed by atoms with Gasteiger partial charge in [0, 0.05) is 5.88 Å². The molecule has 2 heteroatoms. The lowest BCUT2D eigenvalue weighted by Crippen LogP contribution is -2.23. The highest BCUT2D eigenvalue weighted by atomic mass is 35.5. The third-order valence-electron chi connectivity index (χ3n) is 4.26. The fourth-order valence-corrected chi connectivity index (χ4v) is 3.67. The Morgan fingerprint density at radius 2 is 1.81 bits per heavy atom. The van der Waals surface area contributed by atoms with Gasteiger partial charge in [-0.05, 0) is 60.6 Å². The molecule has 2 saturated carbocycles. The fourth-order valence-electron chi connectivity index (χ4n) is 3.35. The van der Waals surface area contributed by atoms with Gasteiger partial charge in [-0.25, -0.2) is 0 Å². The van der Waals surface area contributed by atoms with Crippen LogP contribution in [-0.4, -0.2) is 11.0 Å². The summed E-state index contributed by atoms with van der Waals surface area (Å²) in [6.45, 7) is 0. The number of rotatable bonds is 3. The third-order valence-corrected chi connectivity index (χ3v) is 4.83. The third kappa shape index (κ3) is 1.82. The lowest BCUT2D eigenvalue weighted by atomic mass is 9.79. The molecule has 0 heterocycles. The molecule has 0 aliphatic heterocycles. The Balaban J connectivity index is 1.75. The Bertz CT molecular complexity index is 374. The number of alkyl halides is 1. The molecule has 86 valence electrons. The minimum absolute atomic E-state index is 0.339. The van der Waals surface area contributed by atoms with E-state index in [1.54, 1.807) is 12.1 Å². The predicted molar refractivity (Wildman–Crippen MR) is 65.8 cm³/mol. The van der Waals surface area contributed by atoms with E-state index in [9.17, 15) is 5.11 Å². The molecule has 1 nitrogen and oxygen atoms in total. The number of hydrogen-bond acceptors (Lipinski definition) is 1. The minimum atomic E-state index is 0.339. The van der Waals surface area contributed by atoms with E-state index in [-0.39, 0.29) is 0 Å². The summed E-state index contributed by atoms with van der Waals surface area (Å²) in [5.74, 6) is 3.06. The first kappa shape index (κ1) is 10.5. The summed E-state index contributed by atoms with van der Waals surface area (Å²) in [5, 5.41) is 9.26. The second kappa shape index (κ2) is 3.66. The van der Waals surface area contributed by atoms with Crippen LogP contribution in [0.3, 0.4) is 0 Å². The molecule has 0 radical (unpaired) electrons. The van der Waals surface area contributed by atoms with E-state index in [4.69, 9.17) is 11.6 Å². The molecular weight excluding hydrogens is 220 g/mol. The molecule has 0 aromatic heterocycles. The number of fused-ring (bicyclic) bond motifs is 1. The number of aromatic hydroxyl groups is 1. The molecule has 0 bridgehead atoms. The van der Waals surface area contributed by atoms with Gasteiger partial charge in [-0.2, -0.15) is 0 Å². The number of phenols is 1. The molecule has 2 fully saturated rings. The lowest BCUT2D eigenvalue weighted by molar-refractivity contribution is 0.303. The van der Waals surface area contributed by atoms with Gasteiger partial charge < -0.3 is 5.11 Å². The van der Waals surface area contributed by atoms with E-state index >= 15 is 0 Å². The molecule has 1 aromatic rings. The molecule has 2 aliphatic carbocycles. The van der Waals surface area contributed by atoms with Crippen LogP contribution in [0.25, 0.3) is 0 Å². The Morgan fingerprint density at radius 3 is 2.38 bits per heavy atom. The number of hydrogen-bond donors (Lipinski definition) is 1. The molecule has 2 atom stereocenters. The molecular formula is C14H17ClO. The summed E-state index contributed by atoms with van der Waals surface area (Å²) in [6.07, 6.45) is 5.13. The van der Waals surface area contributed by atoms with Crippen molar-refractivity contribution in [2.24, 2.45) is 17.3 Å². The Kier molecular flexibility index (Phi) is 2.39. The van der Waals surface area contributed by atoms with Crippen LogP contribution >= 0.6 is 11.6 Å². The second-order valence-electron chi connectivity index (χ2n) is 5.64. The minimum Gasteiger partial charge on any atom is -0.508 e. The maximum atomic E-state index is 9.26. The Morgan fingerprint density at radius 1 is 1.19 bits per heavy atom. The average Bonchev–Trinajstić information content (AvgIpc) is 2.91. The van der Waals surface area contributed by atoms with Gasteiger partial charge in [0.2, 0.25) is 0 Å². The van der Waals surface area contributed by atoms with Crippen molar-refractivity contribution in [1.82, 2.24) is 0 Å². The monoisotopic (exact) mass is 236 g/mol. The molecule has 2 aliphatic rings. The maximum Gasteiger partial charge on any atom is 0.115 e. The van der Waals surface area contributed by atoms with Crippen LogP contribution in [0.4, 0.5) is 0 Å². The average molecular weight is 237 g/mol. The maximum absolute atomic E-state index is 9.26. The summed E-state index contributed by atoms with van der Waals surface area (Å²) in [5.41, 5.74) is 1.64. The molecule has 1 N–H and O–H groups in total. The highest BCUT2D eigenvalue weighted by Gasteiger charge is 2.53. The van der Waals surface area contributed by atoms with Crippen molar-refractivity contribution < 1.29 is 5.11 Å². The quantitative estimate of drug-likeness (QED) is 0.796. The predicted octanol–water partition coefficient (Wildman–Crippen LogP) is 3.59. The second-order valence-corrected chi connectivity index (χ2v) is 5.91. The van der Waals surface area contributed by atoms with Gasteiger partial charge in [0.05, 0.1) is 0 Å². The first-order chi connectivity index (χ1) is 7.71. The van der Waals surface area contributed by atoms with E-state index in [0.717, 1.165) is 24.1 Å². The summed E-state index contributed by atoms with van der Waals surface area (Å²) >= 11 is 6.18. The summed E-state index contributed by atoms with van der Waals surface area (Å²) in [4.78, 5) is 0. The topological polar surface area (TPSA) is 20.2 Å². The standard InChI is InChI=1S/C14H17ClO/c15-9-14(7-11-5-12(11)8-14)6-10-1-3-13(16)4-2-10/h1-4,11-12,16H,5-9H2. The van der Waals surface area contributed by atoms with Crippen LogP contribution in [-0.2, 0) is 6.42 Å². The smallest absolute Gasteiger partial charge is 0.115 e. The molecule has 0 saturated heterocycles. The van der Waals surface area contributed by atoms with Gasteiger partial charge in [-0.15, -0.1) is 11.6 Å². The van der Waals surface area contributed by atoms with Crippen molar-refractivity contribution in [2.45, 2.75) is 25.7 Å². The van der Waals surface area contributed by atoms with Crippen molar-refractivity contribution in [2.75, 3.05) is 5.88 Å². The Labute approximate surface area is 101 Å². The van der Waals surface area contributed by atoms with E-state index < -0.39 is 0 Å². The van der Waals surface area contributed by atoms with E-state index in [1.807, 2.05) is 12.1 Å². The van der Waals surface area contributed by atoms with Crippen LogP contribution in [0.15, 0.2) is 24.3 Å². The summed E-state index contributed by atoms with van der Waals surface area (Å²) in [6, 6.07) is 7.58. The first-order valence-corrected chi connectivity index (χ1v) is 6.58. The van der Waals surface area contributed by atoms with E-state index in [0.29, 0.717) is 11.2 Å². The summed E-state index contributed by atoms with van der Waals surface area (Å²) in [7, 11) is 0. The van der Waals surface area contributed by atoms with Gasteiger partial charge in [-0.3, -0.25) is 0 Å². The van der Waals surface area contributed by atoms with Gasteiger partial charge in [0.25, 0.3) is 0 Å². The fraction of sp³-hybridized carbons (Fsp3) is 0.571. The van der Waals surface area contributed by atoms with Crippen LogP contribution in [0, 0.1) is 17.3 Å². The van der Waals surface area contributed by atoms with E-state index in [2.05, 4.69) is 0 Å². The van der Waals surface area contributed by atoms with Crippen molar-refractivity contribution in [3.8, 4) is 5.75 Å². The van der Waals surface area contributed by atoms with Gasteiger partial charge in [-0.1, -0.05) is 12.1 Å². The van der Waals surface area contributed by atoms with Gasteiger partial charge in [0.15, 0.2) is 0 Å². The zero-order valence-electron chi connectivity index (χ0n) is 9.32. The Hall–Kier alpha value is -0.690. The normalized spacial score (nSPS) is 36.1. The SMILES string of the molecule is Oc1ccc(CC2(CCl)CC3CC3C2)cc1. The highest BCUT2D eigenvalue weighted by Crippen LogP contribution is 2.61. The van der Waals surface area contributed by atoms with Crippen LogP contribution in [0.1, 0.15) is 24.8 Å². The van der Waals surface area contributed by atoms with Gasteiger partial charge in [0.1, 0.15) is 5.75 Å². The van der Waals surface area contributed by atoms with Gasteiger partial charge >= 0.3 is 0 Å².